The van der Waals surface area contributed by atoms with E-state index < -0.39 is 18.0 Å². The molecule has 0 spiro atoms. The van der Waals surface area contributed by atoms with E-state index in [0.29, 0.717) is 23.9 Å². The number of allylic oxidation sites excluding steroid dienone is 1. The van der Waals surface area contributed by atoms with Gasteiger partial charge in [-0.3, -0.25) is 0 Å². The van der Waals surface area contributed by atoms with Crippen molar-refractivity contribution in [3.63, 3.8) is 0 Å². The maximum Gasteiger partial charge on any atom is 0.347 e. The molecule has 2 aliphatic rings. The number of para-hydroxylation sites is 1. The Kier molecular flexibility index (Phi) is 4.90. The lowest BCUT2D eigenvalue weighted by atomic mass is 9.86. The minimum Gasteiger partial charge on any atom is -0.508 e. The van der Waals surface area contributed by atoms with Crippen LogP contribution in [0.2, 0.25) is 0 Å². The molecule has 1 N–H and O–H groups in total. The number of pyridine rings is 1. The normalized spacial score (nSPS) is 19.3. The number of carbonyl (C=O) groups excluding carboxylic acids is 2. The lowest BCUT2D eigenvalue weighted by molar-refractivity contribution is -0.145. The van der Waals surface area contributed by atoms with E-state index in [9.17, 15) is 14.7 Å². The van der Waals surface area contributed by atoms with Crippen LogP contribution in [0.1, 0.15) is 46.4 Å². The minimum atomic E-state index is -0.856. The van der Waals surface area contributed by atoms with Gasteiger partial charge in [0.1, 0.15) is 5.75 Å². The van der Waals surface area contributed by atoms with Crippen LogP contribution in [0, 0.1) is 0 Å². The molecule has 31 heavy (non-hydrogen) atoms. The molecule has 1 saturated heterocycles. The van der Waals surface area contributed by atoms with Crippen LogP contribution in [0.15, 0.2) is 48.5 Å². The first-order valence-electron chi connectivity index (χ1n) is 10.4. The van der Waals surface area contributed by atoms with Crippen molar-refractivity contribution in [3.05, 3.63) is 70.9 Å². The second kappa shape index (κ2) is 7.87. The Labute approximate surface area is 179 Å². The maximum absolute atomic E-state index is 13.2. The molecule has 156 valence electrons. The number of rotatable bonds is 3. The molecule has 1 atom stereocenters. The summed E-state index contributed by atoms with van der Waals surface area (Å²) >= 11 is 0. The van der Waals surface area contributed by atoms with Crippen molar-refractivity contribution < 1.29 is 24.2 Å². The zero-order valence-corrected chi connectivity index (χ0v) is 16.8. The fourth-order valence-corrected chi connectivity index (χ4v) is 4.25. The van der Waals surface area contributed by atoms with Gasteiger partial charge in [0, 0.05) is 11.8 Å². The van der Waals surface area contributed by atoms with Crippen molar-refractivity contribution in [1.82, 2.24) is 4.98 Å². The fraction of sp³-hybridized carbons (Fsp3) is 0.240. The van der Waals surface area contributed by atoms with Crippen LogP contribution in [0.3, 0.4) is 0 Å². The molecule has 0 unspecified atom stereocenters. The molecule has 6 heteroatoms. The van der Waals surface area contributed by atoms with Gasteiger partial charge in [0.25, 0.3) is 0 Å². The van der Waals surface area contributed by atoms with Gasteiger partial charge in [-0.25, -0.2) is 14.6 Å². The number of hydrogen-bond acceptors (Lipinski definition) is 6. The topological polar surface area (TPSA) is 85.7 Å². The van der Waals surface area contributed by atoms with Gasteiger partial charge in [-0.05, 0) is 60.2 Å². The molecule has 1 aliphatic carbocycles. The number of aromatic hydroxyl groups is 1. The van der Waals surface area contributed by atoms with Crippen molar-refractivity contribution >= 4 is 34.5 Å². The number of phenolic OH excluding ortho intramolecular Hbond substituents is 1. The van der Waals surface area contributed by atoms with Gasteiger partial charge in [0.05, 0.1) is 23.4 Å². The van der Waals surface area contributed by atoms with E-state index in [1.54, 1.807) is 12.1 Å². The fourth-order valence-electron chi connectivity index (χ4n) is 4.25. The number of carbonyl (C=O) groups is 2. The predicted molar refractivity (Wildman–Crippen MR) is 115 cm³/mol. The minimum absolute atomic E-state index is 0.214. The number of hydrogen-bond donors (Lipinski definition) is 1. The van der Waals surface area contributed by atoms with Crippen LogP contribution in [-0.4, -0.2) is 34.7 Å². The van der Waals surface area contributed by atoms with E-state index in [-0.39, 0.29) is 12.4 Å². The summed E-state index contributed by atoms with van der Waals surface area (Å²) in [7, 11) is 0. The lowest BCUT2D eigenvalue weighted by Gasteiger charge is -2.23. The molecule has 0 radical (unpaired) electrons. The first kappa shape index (κ1) is 19.3. The van der Waals surface area contributed by atoms with Gasteiger partial charge < -0.3 is 14.6 Å². The van der Waals surface area contributed by atoms with Crippen molar-refractivity contribution in [3.8, 4) is 5.75 Å². The highest BCUT2D eigenvalue weighted by Crippen LogP contribution is 2.36. The number of benzene rings is 2. The monoisotopic (exact) mass is 415 g/mol. The second-order valence-electron chi connectivity index (χ2n) is 7.80. The molecular weight excluding hydrogens is 394 g/mol. The van der Waals surface area contributed by atoms with Crippen molar-refractivity contribution in [2.24, 2.45) is 0 Å². The molecule has 1 fully saturated rings. The third kappa shape index (κ3) is 3.65. The summed E-state index contributed by atoms with van der Waals surface area (Å²) in [5.74, 6) is -0.788. The molecule has 2 aromatic carbocycles. The molecule has 3 aromatic rings. The largest absolute Gasteiger partial charge is 0.508 e. The van der Waals surface area contributed by atoms with Crippen molar-refractivity contribution in [1.29, 1.82) is 0 Å². The number of aromatic nitrogens is 1. The average Bonchev–Trinajstić information content (AvgIpc) is 3.18. The van der Waals surface area contributed by atoms with Gasteiger partial charge in [0.2, 0.25) is 6.10 Å². The third-order valence-corrected chi connectivity index (χ3v) is 5.74. The van der Waals surface area contributed by atoms with Crippen LogP contribution >= 0.6 is 0 Å². The van der Waals surface area contributed by atoms with Crippen LogP contribution in [-0.2, 0) is 20.7 Å². The summed E-state index contributed by atoms with van der Waals surface area (Å²) in [5, 5.41) is 10.3. The molecule has 1 aromatic heterocycles. The Balaban J connectivity index is 1.63. The summed E-state index contributed by atoms with van der Waals surface area (Å²) in [4.78, 5) is 29.9. The Hall–Kier alpha value is -3.67. The predicted octanol–water partition coefficient (Wildman–Crippen LogP) is 4.29. The van der Waals surface area contributed by atoms with Gasteiger partial charge in [-0.15, -0.1) is 0 Å². The SMILES string of the molecule is O=C(O[C@H]1CCOC1=O)c1c2c(nc3ccccc13)/C(=C/c1ccc(O)cc1)CCC2. The van der Waals surface area contributed by atoms with E-state index in [4.69, 9.17) is 14.5 Å². The molecule has 0 amide bonds. The van der Waals surface area contributed by atoms with E-state index in [0.717, 1.165) is 40.6 Å². The zero-order chi connectivity index (χ0) is 21.4. The van der Waals surface area contributed by atoms with Gasteiger partial charge in [0.15, 0.2) is 0 Å². The number of nitrogens with zero attached hydrogens (tertiary/aromatic N) is 1. The van der Waals surface area contributed by atoms with Gasteiger partial charge >= 0.3 is 11.9 Å². The summed E-state index contributed by atoms with van der Waals surface area (Å²) in [6.45, 7) is 0.269. The average molecular weight is 415 g/mol. The van der Waals surface area contributed by atoms with E-state index in [1.165, 1.54) is 0 Å². The van der Waals surface area contributed by atoms with E-state index in [1.807, 2.05) is 42.5 Å². The van der Waals surface area contributed by atoms with Crippen LogP contribution in [0.25, 0.3) is 22.6 Å². The molecule has 6 nitrogen and oxygen atoms in total. The highest BCUT2D eigenvalue weighted by molar-refractivity contribution is 6.07. The van der Waals surface area contributed by atoms with Crippen LogP contribution in [0.4, 0.5) is 0 Å². The number of cyclic esters (lactones) is 1. The molecule has 0 saturated carbocycles. The van der Waals surface area contributed by atoms with Crippen LogP contribution < -0.4 is 0 Å². The van der Waals surface area contributed by atoms with Crippen LogP contribution in [0.5, 0.6) is 5.75 Å². The number of esters is 2. The Morgan fingerprint density at radius 3 is 2.71 bits per heavy atom. The van der Waals surface area contributed by atoms with Gasteiger partial charge in [-0.1, -0.05) is 30.3 Å². The Morgan fingerprint density at radius 2 is 1.94 bits per heavy atom. The van der Waals surface area contributed by atoms with E-state index >= 15 is 0 Å². The maximum atomic E-state index is 13.2. The molecule has 2 heterocycles. The molecular formula is C25H21NO5. The number of fused-ring (bicyclic) bond motifs is 2. The smallest absolute Gasteiger partial charge is 0.347 e. The Morgan fingerprint density at radius 1 is 1.13 bits per heavy atom. The first-order valence-corrected chi connectivity index (χ1v) is 10.4. The molecule has 1 aliphatic heterocycles. The lowest BCUT2D eigenvalue weighted by Crippen LogP contribution is -2.24. The summed E-state index contributed by atoms with van der Waals surface area (Å²) in [6, 6.07) is 14.5. The highest BCUT2D eigenvalue weighted by atomic mass is 16.6. The second-order valence-corrected chi connectivity index (χ2v) is 7.80. The summed E-state index contributed by atoms with van der Waals surface area (Å²) in [5.41, 5.74) is 4.82. The third-order valence-electron chi connectivity index (χ3n) is 5.74. The number of phenols is 1. The Bertz CT molecular complexity index is 1210. The van der Waals surface area contributed by atoms with Crippen molar-refractivity contribution in [2.45, 2.75) is 31.8 Å². The summed E-state index contributed by atoms with van der Waals surface area (Å²) < 4.78 is 10.5. The molecule has 5 rings (SSSR count). The van der Waals surface area contributed by atoms with E-state index in [2.05, 4.69) is 0 Å². The quantitative estimate of drug-likeness (QED) is 0.643. The van der Waals surface area contributed by atoms with Crippen molar-refractivity contribution in [2.75, 3.05) is 6.61 Å². The first-order chi connectivity index (χ1) is 15.1. The van der Waals surface area contributed by atoms with Gasteiger partial charge in [-0.2, -0.15) is 0 Å². The zero-order valence-electron chi connectivity index (χ0n) is 16.8. The molecule has 0 bridgehead atoms. The summed E-state index contributed by atoms with van der Waals surface area (Å²) in [6.07, 6.45) is 3.99. The standard InChI is InChI=1S/C25H21NO5/c27-17-10-8-15(9-11-17)14-16-4-3-6-19-22(25(29)31-21-12-13-30-24(21)28)18-5-1-2-7-20(18)26-23(16)19/h1-2,5,7-11,14,21,27H,3-4,6,12-13H2/b16-14+/t21-/m0/s1. The number of ether oxygens (including phenoxy) is 2. The highest BCUT2D eigenvalue weighted by Gasteiger charge is 2.33.